The molecule has 2 atom stereocenters. The van der Waals surface area contributed by atoms with Crippen molar-refractivity contribution in [3.05, 3.63) is 24.0 Å². The van der Waals surface area contributed by atoms with E-state index in [4.69, 9.17) is 4.74 Å². The number of nitrogens with one attached hydrogen (secondary N) is 1. The van der Waals surface area contributed by atoms with Gasteiger partial charge in [0.2, 0.25) is 0 Å². The van der Waals surface area contributed by atoms with Crippen LogP contribution in [-0.4, -0.2) is 24.3 Å². The Balaban J connectivity index is 1.88. The van der Waals surface area contributed by atoms with Crippen molar-refractivity contribution < 1.29 is 4.74 Å². The zero-order valence-corrected chi connectivity index (χ0v) is 11.9. The molecule has 0 saturated carbocycles. The summed E-state index contributed by atoms with van der Waals surface area (Å²) >= 11 is 0. The van der Waals surface area contributed by atoms with Gasteiger partial charge in [-0.25, -0.2) is 0 Å². The van der Waals surface area contributed by atoms with Crippen LogP contribution in [0, 0.1) is 5.92 Å². The van der Waals surface area contributed by atoms with Crippen LogP contribution in [0.3, 0.4) is 0 Å². The van der Waals surface area contributed by atoms with Gasteiger partial charge in [-0.3, -0.25) is 0 Å². The highest BCUT2D eigenvalue weighted by Crippen LogP contribution is 2.22. The van der Waals surface area contributed by atoms with Gasteiger partial charge in [-0.1, -0.05) is 13.8 Å². The second-order valence-corrected chi connectivity index (χ2v) is 5.62. The average Bonchev–Trinajstić information content (AvgIpc) is 2.97. The smallest absolute Gasteiger partial charge is 0.0593 e. The zero-order valence-electron chi connectivity index (χ0n) is 11.9. The molecule has 1 N–H and O–H groups in total. The highest BCUT2D eigenvalue weighted by Gasteiger charge is 2.16. The van der Waals surface area contributed by atoms with E-state index in [1.807, 2.05) is 7.05 Å². The van der Waals surface area contributed by atoms with Crippen molar-refractivity contribution in [2.75, 3.05) is 13.7 Å². The van der Waals surface area contributed by atoms with Crippen LogP contribution in [0.5, 0.6) is 0 Å². The Hall–Kier alpha value is -0.800. The Morgan fingerprint density at radius 2 is 2.33 bits per heavy atom. The molecule has 0 aliphatic carbocycles. The van der Waals surface area contributed by atoms with Gasteiger partial charge >= 0.3 is 0 Å². The van der Waals surface area contributed by atoms with Crippen molar-refractivity contribution in [3.63, 3.8) is 0 Å². The van der Waals surface area contributed by atoms with E-state index in [-0.39, 0.29) is 0 Å². The molecule has 1 aromatic heterocycles. The van der Waals surface area contributed by atoms with E-state index >= 15 is 0 Å². The van der Waals surface area contributed by atoms with Gasteiger partial charge in [0.05, 0.1) is 6.10 Å². The van der Waals surface area contributed by atoms with Gasteiger partial charge < -0.3 is 14.6 Å². The Kier molecular flexibility index (Phi) is 4.84. The molecule has 0 bridgehead atoms. The summed E-state index contributed by atoms with van der Waals surface area (Å²) in [5, 5.41) is 3.39. The van der Waals surface area contributed by atoms with Crippen LogP contribution in [0.25, 0.3) is 0 Å². The minimum absolute atomic E-state index is 0.453. The van der Waals surface area contributed by atoms with E-state index < -0.39 is 0 Å². The topological polar surface area (TPSA) is 26.2 Å². The van der Waals surface area contributed by atoms with Crippen LogP contribution in [-0.2, 0) is 11.3 Å². The summed E-state index contributed by atoms with van der Waals surface area (Å²) in [4.78, 5) is 0. The highest BCUT2D eigenvalue weighted by molar-refractivity contribution is 5.16. The third-order valence-electron chi connectivity index (χ3n) is 3.84. The van der Waals surface area contributed by atoms with Crippen molar-refractivity contribution in [1.29, 1.82) is 0 Å². The minimum atomic E-state index is 0.453. The fraction of sp³-hybridized carbons (Fsp3) is 0.733. The van der Waals surface area contributed by atoms with Crippen LogP contribution >= 0.6 is 0 Å². The molecule has 1 aliphatic heterocycles. The Labute approximate surface area is 111 Å². The van der Waals surface area contributed by atoms with Crippen molar-refractivity contribution in [1.82, 2.24) is 9.88 Å². The molecule has 18 heavy (non-hydrogen) atoms. The molecule has 1 fully saturated rings. The van der Waals surface area contributed by atoms with E-state index in [1.165, 1.54) is 18.4 Å². The van der Waals surface area contributed by atoms with Crippen LogP contribution in [0.1, 0.15) is 44.7 Å². The summed E-state index contributed by atoms with van der Waals surface area (Å²) in [6, 6.07) is 2.69. The van der Waals surface area contributed by atoms with Crippen molar-refractivity contribution >= 4 is 0 Å². The lowest BCUT2D eigenvalue weighted by Gasteiger charge is -2.18. The molecule has 0 radical (unpaired) electrons. The molecule has 0 spiro atoms. The largest absolute Gasteiger partial charge is 0.378 e. The third-order valence-corrected chi connectivity index (χ3v) is 3.84. The predicted molar refractivity (Wildman–Crippen MR) is 74.7 cm³/mol. The maximum Gasteiger partial charge on any atom is 0.0593 e. The van der Waals surface area contributed by atoms with Gasteiger partial charge in [0, 0.05) is 31.6 Å². The first-order valence-electron chi connectivity index (χ1n) is 7.15. The van der Waals surface area contributed by atoms with Crippen LogP contribution in [0.4, 0.5) is 0 Å². The molecular weight excluding hydrogens is 224 g/mol. The summed E-state index contributed by atoms with van der Waals surface area (Å²) in [6.07, 6.45) is 8.56. The summed E-state index contributed by atoms with van der Waals surface area (Å²) in [5.74, 6) is 0.615. The average molecular weight is 250 g/mol. The number of hydrogen-bond donors (Lipinski definition) is 1. The monoisotopic (exact) mass is 250 g/mol. The van der Waals surface area contributed by atoms with Crippen molar-refractivity contribution in [2.45, 2.75) is 51.8 Å². The fourth-order valence-electron chi connectivity index (χ4n) is 2.83. The van der Waals surface area contributed by atoms with Crippen LogP contribution in [0.15, 0.2) is 18.5 Å². The number of rotatable bonds is 6. The molecule has 0 aromatic carbocycles. The molecule has 3 nitrogen and oxygen atoms in total. The van der Waals surface area contributed by atoms with Crippen LogP contribution < -0.4 is 5.32 Å². The minimum Gasteiger partial charge on any atom is -0.378 e. The normalized spacial score (nSPS) is 21.7. The Bertz CT molecular complexity index is 353. The fourth-order valence-corrected chi connectivity index (χ4v) is 2.83. The molecule has 3 heteroatoms. The zero-order chi connectivity index (χ0) is 13.0. The van der Waals surface area contributed by atoms with Gasteiger partial charge in [0.15, 0.2) is 0 Å². The first kappa shape index (κ1) is 13.6. The summed E-state index contributed by atoms with van der Waals surface area (Å²) in [6.45, 7) is 6.53. The van der Waals surface area contributed by atoms with E-state index in [0.29, 0.717) is 18.1 Å². The van der Waals surface area contributed by atoms with E-state index in [1.54, 1.807) is 0 Å². The SMILES string of the molecule is CNC(c1ccn(CCC2CCCO2)c1)C(C)C. The molecule has 102 valence electrons. The Morgan fingerprint density at radius 3 is 2.94 bits per heavy atom. The maximum absolute atomic E-state index is 5.66. The molecule has 1 aliphatic rings. The van der Waals surface area contributed by atoms with Crippen molar-refractivity contribution in [2.24, 2.45) is 5.92 Å². The van der Waals surface area contributed by atoms with E-state index in [9.17, 15) is 0 Å². The second-order valence-electron chi connectivity index (χ2n) is 5.62. The number of ether oxygens (including phenoxy) is 1. The van der Waals surface area contributed by atoms with Gasteiger partial charge in [-0.05, 0) is 43.9 Å². The molecular formula is C15H26N2O. The highest BCUT2D eigenvalue weighted by atomic mass is 16.5. The summed E-state index contributed by atoms with van der Waals surface area (Å²) in [7, 11) is 2.04. The lowest BCUT2D eigenvalue weighted by atomic mass is 9.99. The molecule has 2 heterocycles. The predicted octanol–water partition coefficient (Wildman–Crippen LogP) is 2.97. The van der Waals surface area contributed by atoms with Gasteiger partial charge in [-0.2, -0.15) is 0 Å². The van der Waals surface area contributed by atoms with E-state index in [0.717, 1.165) is 19.6 Å². The van der Waals surface area contributed by atoms with Gasteiger partial charge in [0.1, 0.15) is 0 Å². The van der Waals surface area contributed by atoms with Gasteiger partial charge in [0.25, 0.3) is 0 Å². The maximum atomic E-state index is 5.66. The molecule has 1 aromatic rings. The first-order chi connectivity index (χ1) is 8.70. The number of aryl methyl sites for hydroxylation is 1. The molecule has 2 rings (SSSR count). The van der Waals surface area contributed by atoms with Gasteiger partial charge in [-0.15, -0.1) is 0 Å². The standard InChI is InChI=1S/C15H26N2O/c1-12(2)15(16-3)13-6-8-17(11-13)9-7-14-5-4-10-18-14/h6,8,11-12,14-16H,4-5,7,9-10H2,1-3H3. The van der Waals surface area contributed by atoms with Crippen LogP contribution in [0.2, 0.25) is 0 Å². The number of hydrogen-bond acceptors (Lipinski definition) is 2. The van der Waals surface area contributed by atoms with Crippen molar-refractivity contribution in [3.8, 4) is 0 Å². The Morgan fingerprint density at radius 1 is 1.50 bits per heavy atom. The molecule has 0 amide bonds. The first-order valence-corrected chi connectivity index (χ1v) is 7.15. The lowest BCUT2D eigenvalue weighted by Crippen LogP contribution is -2.21. The molecule has 2 unspecified atom stereocenters. The third kappa shape index (κ3) is 3.36. The summed E-state index contributed by atoms with van der Waals surface area (Å²) < 4.78 is 7.96. The number of aromatic nitrogens is 1. The molecule has 1 saturated heterocycles. The number of nitrogens with zero attached hydrogens (tertiary/aromatic N) is 1. The second kappa shape index (κ2) is 6.39. The van der Waals surface area contributed by atoms with E-state index in [2.05, 4.69) is 42.2 Å². The lowest BCUT2D eigenvalue weighted by molar-refractivity contribution is 0.100. The summed E-state index contributed by atoms with van der Waals surface area (Å²) in [5.41, 5.74) is 1.39. The quantitative estimate of drug-likeness (QED) is 0.840.